The Labute approximate surface area is 137 Å². The van der Waals surface area contributed by atoms with E-state index in [1.165, 1.54) is 0 Å². The fourth-order valence-electron chi connectivity index (χ4n) is 1.26. The number of hydrogen-bond donors (Lipinski definition) is 1. The molecule has 0 saturated carbocycles. The zero-order valence-electron chi connectivity index (χ0n) is 12.8. The molecule has 0 aliphatic rings. The summed E-state index contributed by atoms with van der Waals surface area (Å²) in [5, 5.41) is -1.92. The Morgan fingerprint density at radius 2 is 1.52 bits per heavy atom. The van der Waals surface area contributed by atoms with E-state index in [0.29, 0.717) is 12.8 Å². The summed E-state index contributed by atoms with van der Waals surface area (Å²) < 4.78 is 40.7. The molecule has 0 aliphatic heterocycles. The van der Waals surface area contributed by atoms with Gasteiger partial charge in [0.2, 0.25) is 0 Å². The van der Waals surface area contributed by atoms with Crippen LogP contribution in [-0.4, -0.2) is 62.2 Å². The third kappa shape index (κ3) is 10.8. The van der Waals surface area contributed by atoms with Crippen LogP contribution in [0.15, 0.2) is 0 Å². The number of hydrogen-bond acceptors (Lipinski definition) is 6. The second kappa shape index (κ2) is 12.0. The molecule has 1 atom stereocenters. The number of unbranched alkanes of at least 4 members (excludes halogenated alkanes) is 2. The van der Waals surface area contributed by atoms with Gasteiger partial charge in [0.1, 0.15) is 0 Å². The maximum absolute atomic E-state index is 11.6. The van der Waals surface area contributed by atoms with Crippen molar-refractivity contribution in [3.8, 4) is 0 Å². The van der Waals surface area contributed by atoms with Crippen LogP contribution in [0.4, 0.5) is 0 Å². The summed E-state index contributed by atoms with van der Waals surface area (Å²) in [6, 6.07) is 0. The summed E-state index contributed by atoms with van der Waals surface area (Å²) in [5.74, 6) is -1.98. The Morgan fingerprint density at radius 1 is 1.05 bits per heavy atom. The minimum absolute atomic E-state index is 0. The monoisotopic (exact) mass is 317 g/mol. The van der Waals surface area contributed by atoms with Gasteiger partial charge in [-0.2, -0.15) is 8.42 Å². The third-order valence-electron chi connectivity index (χ3n) is 2.48. The molecule has 1 radical (unpaired) electrons. The molecule has 0 aromatic carbocycles. The second-order valence-corrected chi connectivity index (χ2v) is 5.90. The molecule has 0 fully saturated rings. The Hall–Kier alpha value is -0.553. The normalized spacial score (nSPS) is 12.1. The van der Waals surface area contributed by atoms with Crippen LogP contribution in [0.25, 0.3) is 0 Å². The van der Waals surface area contributed by atoms with Crippen LogP contribution < -0.4 is 0 Å². The molecule has 21 heavy (non-hydrogen) atoms. The molecule has 0 heterocycles. The number of carbonyl (C=O) groups excluding carboxylic acids is 2. The topological polar surface area (TPSA) is 107 Å². The standard InChI is InChI=1S/C12H22O7S.Li/c1-3-5-7-18-11(13)9-10(20(15,16)17)12(14)19-8-6-4-2;/h10H,3-9H2,1-2H3,(H,15,16,17);. The maximum Gasteiger partial charge on any atom is 0.327 e. The number of rotatable bonds is 10. The zero-order chi connectivity index (χ0) is 15.6. The van der Waals surface area contributed by atoms with Crippen molar-refractivity contribution < 1.29 is 32.0 Å². The van der Waals surface area contributed by atoms with Crippen molar-refractivity contribution in [3.05, 3.63) is 0 Å². The van der Waals surface area contributed by atoms with E-state index in [0.717, 1.165) is 12.8 Å². The van der Waals surface area contributed by atoms with Gasteiger partial charge in [-0.25, -0.2) is 0 Å². The van der Waals surface area contributed by atoms with Crippen molar-refractivity contribution in [3.63, 3.8) is 0 Å². The van der Waals surface area contributed by atoms with E-state index in [1.54, 1.807) is 0 Å². The molecule has 0 amide bonds. The van der Waals surface area contributed by atoms with Crippen LogP contribution in [0.2, 0.25) is 0 Å². The molecular weight excluding hydrogens is 295 g/mol. The van der Waals surface area contributed by atoms with Crippen LogP contribution in [0.5, 0.6) is 0 Å². The minimum Gasteiger partial charge on any atom is -0.466 e. The quantitative estimate of drug-likeness (QED) is 0.276. The first-order valence-corrected chi connectivity index (χ1v) is 8.11. The predicted octanol–water partition coefficient (Wildman–Crippen LogP) is 0.939. The van der Waals surface area contributed by atoms with Gasteiger partial charge < -0.3 is 9.47 Å². The van der Waals surface area contributed by atoms with Gasteiger partial charge in [-0.3, -0.25) is 14.1 Å². The van der Waals surface area contributed by atoms with Crippen LogP contribution in [0, 0.1) is 0 Å². The van der Waals surface area contributed by atoms with Gasteiger partial charge in [-0.15, -0.1) is 0 Å². The molecule has 0 aromatic heterocycles. The molecular formula is C12H22LiO7S. The molecule has 7 nitrogen and oxygen atoms in total. The largest absolute Gasteiger partial charge is 0.466 e. The first-order chi connectivity index (χ1) is 9.32. The van der Waals surface area contributed by atoms with Crippen LogP contribution in [-0.2, 0) is 29.2 Å². The summed E-state index contributed by atoms with van der Waals surface area (Å²) >= 11 is 0. The van der Waals surface area contributed by atoms with Crippen molar-refractivity contribution in [1.82, 2.24) is 0 Å². The van der Waals surface area contributed by atoms with Gasteiger partial charge in [0.05, 0.1) is 19.6 Å². The van der Waals surface area contributed by atoms with Gasteiger partial charge in [-0.05, 0) is 12.8 Å². The molecule has 0 rings (SSSR count). The van der Waals surface area contributed by atoms with Crippen LogP contribution in [0.1, 0.15) is 46.0 Å². The molecule has 9 heteroatoms. The third-order valence-corrected chi connectivity index (χ3v) is 3.56. The fourth-order valence-corrected chi connectivity index (χ4v) is 1.92. The first-order valence-electron chi connectivity index (χ1n) is 6.61. The van der Waals surface area contributed by atoms with E-state index in [-0.39, 0.29) is 32.1 Å². The summed E-state index contributed by atoms with van der Waals surface area (Å²) in [6.07, 6.45) is 2.05. The van der Waals surface area contributed by atoms with Crippen molar-refractivity contribution in [2.75, 3.05) is 13.2 Å². The Bertz CT molecular complexity index is 408. The van der Waals surface area contributed by atoms with E-state index in [9.17, 15) is 18.0 Å². The molecule has 1 N–H and O–H groups in total. The molecule has 119 valence electrons. The Balaban J connectivity index is 0. The van der Waals surface area contributed by atoms with Crippen molar-refractivity contribution in [2.24, 2.45) is 0 Å². The Morgan fingerprint density at radius 3 is 1.95 bits per heavy atom. The first kappa shape index (κ1) is 22.7. The van der Waals surface area contributed by atoms with E-state index in [1.807, 2.05) is 13.8 Å². The van der Waals surface area contributed by atoms with E-state index < -0.39 is 33.7 Å². The SMILES string of the molecule is CCCCOC(=O)CC(C(=O)OCCCC)S(=O)(=O)O.[Li]. The van der Waals surface area contributed by atoms with E-state index in [4.69, 9.17) is 14.0 Å². The maximum atomic E-state index is 11.6. The Kier molecular flexibility index (Phi) is 13.0. The summed E-state index contributed by atoms with van der Waals surface area (Å²) in [6.45, 7) is 3.98. The van der Waals surface area contributed by atoms with E-state index in [2.05, 4.69) is 0 Å². The molecule has 0 aromatic rings. The number of esters is 2. The van der Waals surface area contributed by atoms with Crippen LogP contribution >= 0.6 is 0 Å². The molecule has 0 bridgehead atoms. The molecule has 0 aliphatic carbocycles. The summed E-state index contributed by atoms with van der Waals surface area (Å²) in [4.78, 5) is 23.0. The van der Waals surface area contributed by atoms with Crippen molar-refractivity contribution >= 4 is 40.9 Å². The van der Waals surface area contributed by atoms with Gasteiger partial charge in [0.15, 0.2) is 5.25 Å². The van der Waals surface area contributed by atoms with Crippen molar-refractivity contribution in [2.45, 2.75) is 51.2 Å². The average Bonchev–Trinajstić information content (AvgIpc) is 2.35. The predicted molar refractivity (Wildman–Crippen MR) is 77.4 cm³/mol. The average molecular weight is 317 g/mol. The van der Waals surface area contributed by atoms with Crippen LogP contribution in [0.3, 0.4) is 0 Å². The van der Waals surface area contributed by atoms with E-state index >= 15 is 0 Å². The van der Waals surface area contributed by atoms with Crippen molar-refractivity contribution in [1.29, 1.82) is 0 Å². The zero-order valence-corrected chi connectivity index (χ0v) is 13.6. The number of ether oxygens (including phenoxy) is 2. The summed E-state index contributed by atoms with van der Waals surface area (Å²) in [5.41, 5.74) is 0. The minimum atomic E-state index is -4.70. The smallest absolute Gasteiger partial charge is 0.327 e. The molecule has 0 saturated heterocycles. The second-order valence-electron chi connectivity index (χ2n) is 4.30. The molecule has 0 spiro atoms. The number of carbonyl (C=O) groups is 2. The van der Waals surface area contributed by atoms with Gasteiger partial charge in [-0.1, -0.05) is 26.7 Å². The molecule has 1 unspecified atom stereocenters. The van der Waals surface area contributed by atoms with Gasteiger partial charge in [0, 0.05) is 18.9 Å². The summed E-state index contributed by atoms with van der Waals surface area (Å²) in [7, 11) is -4.70. The van der Waals surface area contributed by atoms with Gasteiger partial charge >= 0.3 is 11.9 Å². The van der Waals surface area contributed by atoms with Gasteiger partial charge in [0.25, 0.3) is 10.1 Å². The fraction of sp³-hybridized carbons (Fsp3) is 0.833.